The second-order valence-electron chi connectivity index (χ2n) is 4.39. The fourth-order valence-electron chi connectivity index (χ4n) is 1.80. The molecule has 0 atom stereocenters. The zero-order valence-electron chi connectivity index (χ0n) is 11.6. The van der Waals surface area contributed by atoms with Gasteiger partial charge in [0, 0.05) is 29.3 Å². The molecule has 0 saturated heterocycles. The number of nitrogens with zero attached hydrogens (tertiary/aromatic N) is 3. The summed E-state index contributed by atoms with van der Waals surface area (Å²) < 4.78 is 1.88. The number of amides is 1. The van der Waals surface area contributed by atoms with Crippen molar-refractivity contribution in [3.63, 3.8) is 0 Å². The monoisotopic (exact) mass is 356 g/mol. The van der Waals surface area contributed by atoms with E-state index in [1.165, 1.54) is 11.8 Å². The first-order valence-corrected chi connectivity index (χ1v) is 8.17. The summed E-state index contributed by atoms with van der Waals surface area (Å²) in [7, 11) is 0. The summed E-state index contributed by atoms with van der Waals surface area (Å²) >= 11 is 13.6. The van der Waals surface area contributed by atoms with Crippen LogP contribution in [0.3, 0.4) is 0 Å². The van der Waals surface area contributed by atoms with Crippen molar-refractivity contribution in [2.75, 3.05) is 5.75 Å². The molecule has 2 N–H and O–H groups in total. The van der Waals surface area contributed by atoms with Crippen molar-refractivity contribution in [2.45, 2.75) is 18.1 Å². The lowest BCUT2D eigenvalue weighted by molar-refractivity contribution is -0.117. The highest BCUT2D eigenvalue weighted by Crippen LogP contribution is 2.31. The smallest absolute Gasteiger partial charge is 0.218 e. The first kappa shape index (κ1) is 16.9. The average molecular weight is 357 g/mol. The van der Waals surface area contributed by atoms with Gasteiger partial charge in [0.15, 0.2) is 11.0 Å². The predicted molar refractivity (Wildman–Crippen MR) is 90.2 cm³/mol. The lowest BCUT2D eigenvalue weighted by Crippen LogP contribution is -2.11. The SMILES string of the molecule is C=CCn1c(SCCC(N)=O)nnc1-c1ccc(Cl)cc1Cl. The zero-order chi connectivity index (χ0) is 16.1. The highest BCUT2D eigenvalue weighted by atomic mass is 35.5. The van der Waals surface area contributed by atoms with Crippen LogP contribution in [0.5, 0.6) is 0 Å². The largest absolute Gasteiger partial charge is 0.370 e. The van der Waals surface area contributed by atoms with E-state index in [-0.39, 0.29) is 12.3 Å². The van der Waals surface area contributed by atoms with Crippen LogP contribution in [0.25, 0.3) is 11.4 Å². The number of hydrogen-bond donors (Lipinski definition) is 1. The number of benzene rings is 1. The van der Waals surface area contributed by atoms with E-state index in [0.717, 1.165) is 5.56 Å². The first-order valence-electron chi connectivity index (χ1n) is 6.43. The van der Waals surface area contributed by atoms with Gasteiger partial charge < -0.3 is 5.73 Å². The predicted octanol–water partition coefficient (Wildman–Crippen LogP) is 3.41. The Labute approximate surface area is 142 Å². The molecule has 0 aliphatic carbocycles. The van der Waals surface area contributed by atoms with E-state index in [4.69, 9.17) is 28.9 Å². The van der Waals surface area contributed by atoms with Crippen LogP contribution in [0.2, 0.25) is 10.0 Å². The lowest BCUT2D eigenvalue weighted by atomic mass is 10.2. The summed E-state index contributed by atoms with van der Waals surface area (Å²) in [6, 6.07) is 5.20. The summed E-state index contributed by atoms with van der Waals surface area (Å²) in [6.07, 6.45) is 2.03. The van der Waals surface area contributed by atoms with E-state index < -0.39 is 0 Å². The molecule has 0 aliphatic rings. The Kier molecular flexibility index (Phi) is 5.88. The molecule has 1 aromatic heterocycles. The molecule has 1 heterocycles. The summed E-state index contributed by atoms with van der Waals surface area (Å²) in [4.78, 5) is 10.8. The fraction of sp³-hybridized carbons (Fsp3) is 0.214. The molecule has 1 amide bonds. The van der Waals surface area contributed by atoms with Crippen molar-refractivity contribution in [1.82, 2.24) is 14.8 Å². The van der Waals surface area contributed by atoms with E-state index in [1.807, 2.05) is 4.57 Å². The van der Waals surface area contributed by atoms with Crippen molar-refractivity contribution >= 4 is 40.9 Å². The molecule has 0 saturated carbocycles. The van der Waals surface area contributed by atoms with E-state index >= 15 is 0 Å². The number of carbonyl (C=O) groups excluding carboxylic acids is 1. The van der Waals surface area contributed by atoms with Crippen molar-refractivity contribution in [3.05, 3.63) is 40.9 Å². The summed E-state index contributed by atoms with van der Waals surface area (Å²) in [6.45, 7) is 4.27. The van der Waals surface area contributed by atoms with Crippen LogP contribution in [0.1, 0.15) is 6.42 Å². The number of primary amides is 1. The van der Waals surface area contributed by atoms with Crippen LogP contribution in [0, 0.1) is 0 Å². The van der Waals surface area contributed by atoms with Gasteiger partial charge in [-0.15, -0.1) is 16.8 Å². The third-order valence-electron chi connectivity index (χ3n) is 2.78. The van der Waals surface area contributed by atoms with Gasteiger partial charge in [-0.3, -0.25) is 9.36 Å². The minimum absolute atomic E-state index is 0.280. The summed E-state index contributed by atoms with van der Waals surface area (Å²) in [5, 5.41) is 10.1. The number of thioether (sulfide) groups is 1. The molecule has 2 aromatic rings. The van der Waals surface area contributed by atoms with E-state index in [2.05, 4.69) is 16.8 Å². The quantitative estimate of drug-likeness (QED) is 0.609. The van der Waals surface area contributed by atoms with Crippen molar-refractivity contribution in [2.24, 2.45) is 5.73 Å². The van der Waals surface area contributed by atoms with Crippen molar-refractivity contribution in [3.8, 4) is 11.4 Å². The van der Waals surface area contributed by atoms with Gasteiger partial charge in [0.25, 0.3) is 0 Å². The Morgan fingerprint density at radius 2 is 2.18 bits per heavy atom. The molecular weight excluding hydrogens is 343 g/mol. The third-order valence-corrected chi connectivity index (χ3v) is 4.30. The Morgan fingerprint density at radius 1 is 1.41 bits per heavy atom. The minimum Gasteiger partial charge on any atom is -0.370 e. The maximum Gasteiger partial charge on any atom is 0.218 e. The molecular formula is C14H14Cl2N4OS. The number of nitrogens with two attached hydrogens (primary N) is 1. The highest BCUT2D eigenvalue weighted by Gasteiger charge is 2.16. The molecule has 0 aliphatic heterocycles. The van der Waals surface area contributed by atoms with E-state index in [1.54, 1.807) is 24.3 Å². The van der Waals surface area contributed by atoms with Gasteiger partial charge in [-0.25, -0.2) is 0 Å². The molecule has 0 bridgehead atoms. The van der Waals surface area contributed by atoms with Crippen LogP contribution in [-0.4, -0.2) is 26.4 Å². The van der Waals surface area contributed by atoms with Crippen molar-refractivity contribution < 1.29 is 4.79 Å². The number of rotatable bonds is 7. The van der Waals surface area contributed by atoms with Crippen LogP contribution in [0.4, 0.5) is 0 Å². The van der Waals surface area contributed by atoms with Crippen LogP contribution >= 0.6 is 35.0 Å². The third kappa shape index (κ3) is 4.03. The van der Waals surface area contributed by atoms with Gasteiger partial charge in [-0.2, -0.15) is 0 Å². The molecule has 22 heavy (non-hydrogen) atoms. The second-order valence-corrected chi connectivity index (χ2v) is 6.30. The molecule has 5 nitrogen and oxygen atoms in total. The first-order chi connectivity index (χ1) is 10.5. The number of allylic oxidation sites excluding steroid dienone is 1. The van der Waals surface area contributed by atoms with E-state index in [9.17, 15) is 4.79 Å². The Hall–Kier alpha value is -1.50. The summed E-state index contributed by atoms with van der Waals surface area (Å²) in [5.41, 5.74) is 5.88. The molecule has 1 aromatic carbocycles. The second kappa shape index (κ2) is 7.67. The minimum atomic E-state index is -0.344. The molecule has 0 unspecified atom stereocenters. The van der Waals surface area contributed by atoms with Crippen LogP contribution in [-0.2, 0) is 11.3 Å². The number of aromatic nitrogens is 3. The van der Waals surface area contributed by atoms with Crippen LogP contribution in [0.15, 0.2) is 36.0 Å². The standard InChI is InChI=1S/C14H14Cl2N4OS/c1-2-6-20-13(10-4-3-9(15)8-11(10)16)18-19-14(20)22-7-5-12(17)21/h2-4,8H,1,5-7H2,(H2,17,21). The Bertz CT molecular complexity index is 702. The van der Waals surface area contributed by atoms with Crippen LogP contribution < -0.4 is 5.73 Å². The van der Waals surface area contributed by atoms with E-state index in [0.29, 0.717) is 33.3 Å². The highest BCUT2D eigenvalue weighted by molar-refractivity contribution is 7.99. The molecule has 116 valence electrons. The topological polar surface area (TPSA) is 73.8 Å². The van der Waals surface area contributed by atoms with Crippen molar-refractivity contribution in [1.29, 1.82) is 0 Å². The van der Waals surface area contributed by atoms with Gasteiger partial charge in [0.1, 0.15) is 0 Å². The van der Waals surface area contributed by atoms with Gasteiger partial charge in [-0.1, -0.05) is 41.0 Å². The van der Waals surface area contributed by atoms with Gasteiger partial charge in [0.2, 0.25) is 5.91 Å². The molecule has 0 fully saturated rings. The Morgan fingerprint density at radius 3 is 2.82 bits per heavy atom. The maximum absolute atomic E-state index is 10.8. The number of halogens is 2. The molecule has 0 radical (unpaired) electrons. The van der Waals surface area contributed by atoms with Gasteiger partial charge >= 0.3 is 0 Å². The van der Waals surface area contributed by atoms with Gasteiger partial charge in [-0.05, 0) is 18.2 Å². The normalized spacial score (nSPS) is 10.6. The van der Waals surface area contributed by atoms with Gasteiger partial charge in [0.05, 0.1) is 5.02 Å². The Balaban J connectivity index is 2.33. The maximum atomic E-state index is 10.8. The number of hydrogen-bond acceptors (Lipinski definition) is 4. The zero-order valence-corrected chi connectivity index (χ0v) is 14.0. The molecule has 8 heteroatoms. The average Bonchev–Trinajstić information content (AvgIpc) is 2.82. The number of carbonyl (C=O) groups is 1. The summed E-state index contributed by atoms with van der Waals surface area (Å²) in [5.74, 6) is 0.824. The molecule has 2 rings (SSSR count). The molecule has 0 spiro atoms. The lowest BCUT2D eigenvalue weighted by Gasteiger charge is -2.08. The fourth-order valence-corrected chi connectivity index (χ4v) is 3.20.